The Bertz CT molecular complexity index is 380. The minimum absolute atomic E-state index is 0.602. The van der Waals surface area contributed by atoms with Crippen molar-refractivity contribution in [2.75, 3.05) is 25.9 Å². The highest BCUT2D eigenvalue weighted by atomic mass is 35.5. The number of benzene rings is 1. The van der Waals surface area contributed by atoms with Gasteiger partial charge in [-0.1, -0.05) is 23.2 Å². The fourth-order valence-electron chi connectivity index (χ4n) is 1.96. The van der Waals surface area contributed by atoms with Gasteiger partial charge in [-0.25, -0.2) is 0 Å². The molecule has 0 radical (unpaired) electrons. The van der Waals surface area contributed by atoms with E-state index in [-0.39, 0.29) is 0 Å². The number of hydrogen-bond donors (Lipinski definition) is 1. The first-order chi connectivity index (χ1) is 8.06. The number of thioether (sulfide) groups is 1. The Morgan fingerprint density at radius 1 is 1.24 bits per heavy atom. The van der Waals surface area contributed by atoms with Crippen LogP contribution in [-0.4, -0.2) is 30.3 Å². The van der Waals surface area contributed by atoms with E-state index in [4.69, 9.17) is 28.9 Å². The van der Waals surface area contributed by atoms with Crippen molar-refractivity contribution in [1.29, 1.82) is 0 Å². The number of likely N-dealkylation sites (tertiary alicyclic amines) is 1. The van der Waals surface area contributed by atoms with Crippen molar-refractivity contribution in [2.45, 2.75) is 23.0 Å². The first-order valence-electron chi connectivity index (χ1n) is 5.66. The second kappa shape index (κ2) is 5.70. The summed E-state index contributed by atoms with van der Waals surface area (Å²) >= 11 is 14.2. The molecule has 0 aromatic heterocycles. The number of anilines is 1. The van der Waals surface area contributed by atoms with Gasteiger partial charge in [-0.05, 0) is 45.1 Å². The van der Waals surface area contributed by atoms with Gasteiger partial charge in [0.1, 0.15) is 0 Å². The maximum absolute atomic E-state index is 6.19. The third-order valence-electron chi connectivity index (χ3n) is 2.97. The predicted molar refractivity (Wildman–Crippen MR) is 77.3 cm³/mol. The van der Waals surface area contributed by atoms with Gasteiger partial charge in [-0.15, -0.1) is 11.8 Å². The molecular formula is C12H16Cl2N2S. The van der Waals surface area contributed by atoms with Crippen LogP contribution in [0.1, 0.15) is 12.8 Å². The molecule has 1 aliphatic heterocycles. The van der Waals surface area contributed by atoms with Crippen LogP contribution in [0, 0.1) is 0 Å². The Balaban J connectivity index is 2.08. The van der Waals surface area contributed by atoms with E-state index >= 15 is 0 Å². The maximum atomic E-state index is 6.19. The Kier molecular flexibility index (Phi) is 4.47. The molecule has 5 heteroatoms. The molecule has 2 N–H and O–H groups in total. The lowest BCUT2D eigenvalue weighted by molar-refractivity contribution is 0.282. The molecule has 0 aliphatic carbocycles. The molecule has 0 atom stereocenters. The molecule has 0 unspecified atom stereocenters. The van der Waals surface area contributed by atoms with Gasteiger partial charge in [0.25, 0.3) is 0 Å². The van der Waals surface area contributed by atoms with Gasteiger partial charge < -0.3 is 10.6 Å². The molecule has 1 aromatic rings. The van der Waals surface area contributed by atoms with Crippen LogP contribution in [0.15, 0.2) is 17.0 Å². The van der Waals surface area contributed by atoms with E-state index in [0.717, 1.165) is 18.0 Å². The smallest absolute Gasteiger partial charge is 0.0577 e. The standard InChI is InChI=1S/C12H16Cl2N2S/c1-16-4-2-9(3-5-16)17-12-10(13)6-8(15)7-11(12)14/h6-7,9H,2-5,15H2,1H3. The number of nitrogens with zero attached hydrogens (tertiary/aromatic N) is 1. The van der Waals surface area contributed by atoms with E-state index in [2.05, 4.69) is 11.9 Å². The van der Waals surface area contributed by atoms with Gasteiger partial charge in [-0.2, -0.15) is 0 Å². The number of nitrogen functional groups attached to an aromatic ring is 1. The molecule has 1 heterocycles. The zero-order valence-electron chi connectivity index (χ0n) is 9.75. The van der Waals surface area contributed by atoms with Crippen molar-refractivity contribution in [3.05, 3.63) is 22.2 Å². The molecule has 0 amide bonds. The summed E-state index contributed by atoms with van der Waals surface area (Å²) in [7, 11) is 2.16. The van der Waals surface area contributed by atoms with Crippen molar-refractivity contribution < 1.29 is 0 Å². The van der Waals surface area contributed by atoms with Crippen LogP contribution in [0.3, 0.4) is 0 Å². The van der Waals surface area contributed by atoms with Crippen molar-refractivity contribution in [1.82, 2.24) is 4.90 Å². The zero-order valence-corrected chi connectivity index (χ0v) is 12.1. The summed E-state index contributed by atoms with van der Waals surface area (Å²) in [6, 6.07) is 3.54. The van der Waals surface area contributed by atoms with Crippen molar-refractivity contribution in [3.8, 4) is 0 Å². The number of halogens is 2. The summed E-state index contributed by atoms with van der Waals surface area (Å²) in [4.78, 5) is 3.32. The van der Waals surface area contributed by atoms with E-state index in [0.29, 0.717) is 21.0 Å². The molecule has 1 aromatic carbocycles. The summed E-state index contributed by atoms with van der Waals surface area (Å²) in [5, 5.41) is 1.93. The second-order valence-electron chi connectivity index (χ2n) is 4.43. The quantitative estimate of drug-likeness (QED) is 0.841. The molecule has 0 saturated carbocycles. The van der Waals surface area contributed by atoms with E-state index in [9.17, 15) is 0 Å². The summed E-state index contributed by atoms with van der Waals surface area (Å²) in [6.07, 6.45) is 2.36. The van der Waals surface area contributed by atoms with E-state index < -0.39 is 0 Å². The highest BCUT2D eigenvalue weighted by Gasteiger charge is 2.20. The number of rotatable bonds is 2. The minimum atomic E-state index is 0.602. The Hall–Kier alpha value is -0.0900. The minimum Gasteiger partial charge on any atom is -0.399 e. The highest BCUT2D eigenvalue weighted by Crippen LogP contribution is 2.40. The molecule has 17 heavy (non-hydrogen) atoms. The number of hydrogen-bond acceptors (Lipinski definition) is 3. The summed E-state index contributed by atoms with van der Waals surface area (Å²) in [5.74, 6) is 0. The molecule has 1 saturated heterocycles. The monoisotopic (exact) mass is 290 g/mol. The molecule has 1 fully saturated rings. The highest BCUT2D eigenvalue weighted by molar-refractivity contribution is 8.00. The zero-order chi connectivity index (χ0) is 12.4. The van der Waals surface area contributed by atoms with Crippen LogP contribution in [0.4, 0.5) is 5.69 Å². The van der Waals surface area contributed by atoms with Gasteiger partial charge >= 0.3 is 0 Å². The van der Waals surface area contributed by atoms with Gasteiger partial charge in [0.15, 0.2) is 0 Å². The Morgan fingerprint density at radius 2 is 1.76 bits per heavy atom. The van der Waals surface area contributed by atoms with Crippen LogP contribution >= 0.6 is 35.0 Å². The molecular weight excluding hydrogens is 275 g/mol. The average molecular weight is 291 g/mol. The van der Waals surface area contributed by atoms with E-state index in [1.54, 1.807) is 23.9 Å². The molecule has 2 rings (SSSR count). The third kappa shape index (κ3) is 3.44. The summed E-state index contributed by atoms with van der Waals surface area (Å²) in [5.41, 5.74) is 6.31. The average Bonchev–Trinajstić information content (AvgIpc) is 2.26. The third-order valence-corrected chi connectivity index (χ3v) is 5.27. The first-order valence-corrected chi connectivity index (χ1v) is 7.29. The molecule has 1 aliphatic rings. The largest absolute Gasteiger partial charge is 0.399 e. The lowest BCUT2D eigenvalue weighted by Crippen LogP contribution is -2.31. The molecule has 94 valence electrons. The van der Waals surface area contributed by atoms with Gasteiger partial charge in [0.2, 0.25) is 0 Å². The van der Waals surface area contributed by atoms with E-state index in [1.807, 2.05) is 0 Å². The molecule has 2 nitrogen and oxygen atoms in total. The fourth-order valence-corrected chi connectivity index (χ4v) is 3.86. The predicted octanol–water partition coefficient (Wildman–Crippen LogP) is 3.76. The second-order valence-corrected chi connectivity index (χ2v) is 6.56. The Labute approximate surface area is 116 Å². The van der Waals surface area contributed by atoms with Gasteiger partial charge in [0, 0.05) is 15.8 Å². The van der Waals surface area contributed by atoms with Crippen molar-refractivity contribution in [3.63, 3.8) is 0 Å². The summed E-state index contributed by atoms with van der Waals surface area (Å²) in [6.45, 7) is 2.28. The van der Waals surface area contributed by atoms with Gasteiger partial charge in [0.05, 0.1) is 10.0 Å². The van der Waals surface area contributed by atoms with Crippen LogP contribution in [0.5, 0.6) is 0 Å². The van der Waals surface area contributed by atoms with Gasteiger partial charge in [-0.3, -0.25) is 0 Å². The van der Waals surface area contributed by atoms with Crippen LogP contribution < -0.4 is 5.73 Å². The molecule has 0 spiro atoms. The number of nitrogens with two attached hydrogens (primary N) is 1. The lowest BCUT2D eigenvalue weighted by atomic mass is 10.1. The van der Waals surface area contributed by atoms with Crippen molar-refractivity contribution >= 4 is 40.7 Å². The lowest BCUT2D eigenvalue weighted by Gasteiger charge is -2.28. The van der Waals surface area contributed by atoms with Crippen LogP contribution in [0.2, 0.25) is 10.0 Å². The van der Waals surface area contributed by atoms with Crippen molar-refractivity contribution in [2.24, 2.45) is 0 Å². The molecule has 0 bridgehead atoms. The SMILES string of the molecule is CN1CCC(Sc2c(Cl)cc(N)cc2Cl)CC1. The first kappa shape index (κ1) is 13.3. The van der Waals surface area contributed by atoms with Crippen LogP contribution in [-0.2, 0) is 0 Å². The number of piperidine rings is 1. The summed E-state index contributed by atoms with van der Waals surface area (Å²) < 4.78 is 0. The van der Waals surface area contributed by atoms with Crippen LogP contribution in [0.25, 0.3) is 0 Å². The fraction of sp³-hybridized carbons (Fsp3) is 0.500. The van der Waals surface area contributed by atoms with E-state index in [1.165, 1.54) is 12.8 Å². The topological polar surface area (TPSA) is 29.3 Å². The maximum Gasteiger partial charge on any atom is 0.0577 e. The normalized spacial score (nSPS) is 18.5. The Morgan fingerprint density at radius 3 is 2.29 bits per heavy atom.